The van der Waals surface area contributed by atoms with E-state index in [9.17, 15) is 40.3 Å². The standard InChI is InChI=1S/C31H24F7NO3/c1-17(21-10-23(30(33,34)35)14-24(11-21)31(36,37)38)42-27-15-39-26(29(27)20-6-8-25(32)9-7-20)12-22(13-28(39)41)19-4-2-18(16-40)3-5-19/h2-12,14,16-17,26-27,29H,13,15H2,1H3/t17-,26?,27?,29+/m1/s1. The first-order valence-electron chi connectivity index (χ1n) is 13.0. The van der Waals surface area contributed by atoms with Gasteiger partial charge in [0.1, 0.15) is 12.1 Å². The first-order chi connectivity index (χ1) is 19.7. The SMILES string of the molecule is C[C@@H](OC1CN2C(=O)CC(c3ccc(C=O)cc3)=CC2[C@@H]1c1ccc(F)cc1)c1cc(C(F)(F)F)cc(C(F)(F)F)c1. The third-order valence-corrected chi connectivity index (χ3v) is 7.67. The fraction of sp³-hybridized carbons (Fsp3) is 0.290. The van der Waals surface area contributed by atoms with Crippen LogP contribution >= 0.6 is 0 Å². The molecule has 2 aliphatic rings. The first-order valence-corrected chi connectivity index (χ1v) is 13.0. The van der Waals surface area contributed by atoms with Gasteiger partial charge in [0, 0.05) is 18.0 Å². The molecule has 0 aliphatic carbocycles. The van der Waals surface area contributed by atoms with Crippen LogP contribution in [0.3, 0.4) is 0 Å². The number of alkyl halides is 6. The van der Waals surface area contributed by atoms with E-state index >= 15 is 0 Å². The van der Waals surface area contributed by atoms with Gasteiger partial charge in [0.15, 0.2) is 0 Å². The molecule has 1 fully saturated rings. The quantitative estimate of drug-likeness (QED) is 0.219. The summed E-state index contributed by atoms with van der Waals surface area (Å²) >= 11 is 0. The number of amides is 1. The van der Waals surface area contributed by atoms with E-state index in [1.807, 2.05) is 6.08 Å². The Bertz CT molecular complexity index is 1480. The average Bonchev–Trinajstić information content (AvgIpc) is 3.30. The number of benzene rings is 3. The van der Waals surface area contributed by atoms with Gasteiger partial charge in [-0.3, -0.25) is 9.59 Å². The van der Waals surface area contributed by atoms with Gasteiger partial charge in [-0.1, -0.05) is 42.5 Å². The number of ether oxygens (including phenoxy) is 1. The zero-order valence-electron chi connectivity index (χ0n) is 22.0. The monoisotopic (exact) mass is 591 g/mol. The Morgan fingerprint density at radius 3 is 2.05 bits per heavy atom. The van der Waals surface area contributed by atoms with Gasteiger partial charge >= 0.3 is 12.4 Å². The summed E-state index contributed by atoms with van der Waals surface area (Å²) in [6.07, 6.45) is -9.48. The van der Waals surface area contributed by atoms with Crippen LogP contribution in [0.1, 0.15) is 63.5 Å². The molecule has 1 amide bonds. The zero-order chi connectivity index (χ0) is 30.4. The normalized spacial score (nSPS) is 21.6. The van der Waals surface area contributed by atoms with Gasteiger partial charge in [0.2, 0.25) is 5.91 Å². The molecule has 11 heteroatoms. The lowest BCUT2D eigenvalue weighted by atomic mass is 9.85. The summed E-state index contributed by atoms with van der Waals surface area (Å²) < 4.78 is 101. The van der Waals surface area contributed by atoms with Crippen molar-refractivity contribution in [3.63, 3.8) is 0 Å². The summed E-state index contributed by atoms with van der Waals surface area (Å²) in [5, 5.41) is 0. The van der Waals surface area contributed by atoms with Gasteiger partial charge in [-0.25, -0.2) is 4.39 Å². The van der Waals surface area contributed by atoms with Crippen molar-refractivity contribution in [2.24, 2.45) is 0 Å². The van der Waals surface area contributed by atoms with Crippen LogP contribution in [-0.4, -0.2) is 35.8 Å². The van der Waals surface area contributed by atoms with E-state index in [2.05, 4.69) is 0 Å². The topological polar surface area (TPSA) is 46.6 Å². The Balaban J connectivity index is 1.52. The van der Waals surface area contributed by atoms with Gasteiger partial charge in [-0.05, 0) is 59.5 Å². The second-order valence-corrected chi connectivity index (χ2v) is 10.4. The minimum Gasteiger partial charge on any atom is -0.368 e. The zero-order valence-corrected chi connectivity index (χ0v) is 22.0. The number of hydrogen-bond donors (Lipinski definition) is 0. The molecule has 2 unspecified atom stereocenters. The third kappa shape index (κ3) is 5.97. The molecular weight excluding hydrogens is 567 g/mol. The maximum Gasteiger partial charge on any atom is 0.416 e. The maximum absolute atomic E-state index is 13.8. The molecule has 4 nitrogen and oxygen atoms in total. The number of aldehydes is 1. The van der Waals surface area contributed by atoms with Crippen LogP contribution in [0, 0.1) is 5.82 Å². The highest BCUT2D eigenvalue weighted by molar-refractivity contribution is 5.92. The van der Waals surface area contributed by atoms with E-state index in [1.54, 1.807) is 29.2 Å². The molecule has 0 spiro atoms. The van der Waals surface area contributed by atoms with Crippen molar-refractivity contribution in [2.75, 3.05) is 6.54 Å². The predicted molar refractivity (Wildman–Crippen MR) is 139 cm³/mol. The summed E-state index contributed by atoms with van der Waals surface area (Å²) in [7, 11) is 0. The van der Waals surface area contributed by atoms with Crippen molar-refractivity contribution in [2.45, 2.75) is 49.9 Å². The average molecular weight is 592 g/mol. The summed E-state index contributed by atoms with van der Waals surface area (Å²) in [4.78, 5) is 25.9. The van der Waals surface area contributed by atoms with Crippen LogP contribution in [0.4, 0.5) is 30.7 Å². The lowest BCUT2D eigenvalue weighted by Gasteiger charge is -2.31. The van der Waals surface area contributed by atoms with E-state index in [4.69, 9.17) is 4.74 Å². The summed E-state index contributed by atoms with van der Waals surface area (Å²) in [6, 6.07) is 12.9. The Labute approximate surface area is 236 Å². The Hall–Kier alpha value is -3.99. The highest BCUT2D eigenvalue weighted by Crippen LogP contribution is 2.44. The molecule has 3 aromatic rings. The van der Waals surface area contributed by atoms with E-state index in [-0.39, 0.29) is 30.5 Å². The van der Waals surface area contributed by atoms with Crippen LogP contribution in [-0.2, 0) is 21.9 Å². The minimum absolute atomic E-state index is 0.0227. The molecule has 3 aromatic carbocycles. The molecule has 5 rings (SSSR count). The number of carbonyl (C=O) groups excluding carboxylic acids is 2. The van der Waals surface area contributed by atoms with Gasteiger partial charge in [-0.15, -0.1) is 0 Å². The predicted octanol–water partition coefficient (Wildman–Crippen LogP) is 7.60. The van der Waals surface area contributed by atoms with E-state index in [1.165, 1.54) is 31.2 Å². The molecule has 0 bridgehead atoms. The van der Waals surface area contributed by atoms with Crippen LogP contribution in [0.5, 0.6) is 0 Å². The molecule has 42 heavy (non-hydrogen) atoms. The molecule has 2 heterocycles. The first kappa shape index (κ1) is 29.5. The van der Waals surface area contributed by atoms with Crippen molar-refractivity contribution in [1.82, 2.24) is 4.90 Å². The van der Waals surface area contributed by atoms with E-state index < -0.39 is 53.5 Å². The molecule has 0 saturated carbocycles. The van der Waals surface area contributed by atoms with E-state index in [0.29, 0.717) is 40.7 Å². The molecule has 2 aliphatic heterocycles. The molecular formula is C31H24F7NO3. The van der Waals surface area contributed by atoms with Crippen molar-refractivity contribution in [3.05, 3.63) is 112 Å². The second-order valence-electron chi connectivity index (χ2n) is 10.4. The molecule has 0 aromatic heterocycles. The van der Waals surface area contributed by atoms with Crippen molar-refractivity contribution in [3.8, 4) is 0 Å². The van der Waals surface area contributed by atoms with E-state index in [0.717, 1.165) is 0 Å². The fourth-order valence-corrected chi connectivity index (χ4v) is 5.59. The fourth-order valence-electron chi connectivity index (χ4n) is 5.59. The number of rotatable bonds is 6. The van der Waals surface area contributed by atoms with Crippen LogP contribution in [0.25, 0.3) is 5.57 Å². The second kappa shape index (κ2) is 11.0. The molecule has 4 atom stereocenters. The molecule has 1 saturated heterocycles. The minimum atomic E-state index is -5.02. The third-order valence-electron chi connectivity index (χ3n) is 7.67. The van der Waals surface area contributed by atoms with Crippen molar-refractivity contribution >= 4 is 17.8 Å². The van der Waals surface area contributed by atoms with Gasteiger partial charge in [0.25, 0.3) is 0 Å². The molecule has 220 valence electrons. The number of halogens is 7. The lowest BCUT2D eigenvalue weighted by molar-refractivity contribution is -0.143. The van der Waals surface area contributed by atoms with Crippen molar-refractivity contribution < 1.29 is 45.1 Å². The number of carbonyl (C=O) groups is 2. The molecule has 0 N–H and O–H groups in total. The largest absolute Gasteiger partial charge is 0.416 e. The van der Waals surface area contributed by atoms with Crippen LogP contribution < -0.4 is 0 Å². The summed E-state index contributed by atoms with van der Waals surface area (Å²) in [6.45, 7) is 1.38. The maximum atomic E-state index is 13.8. The number of nitrogens with zero attached hydrogens (tertiary/aromatic N) is 1. The molecule has 0 radical (unpaired) electrons. The van der Waals surface area contributed by atoms with Crippen LogP contribution in [0.2, 0.25) is 0 Å². The summed E-state index contributed by atoms with van der Waals surface area (Å²) in [5.74, 6) is -1.36. The Morgan fingerprint density at radius 2 is 1.50 bits per heavy atom. The Kier molecular flexibility index (Phi) is 7.74. The van der Waals surface area contributed by atoms with Gasteiger partial charge < -0.3 is 9.64 Å². The van der Waals surface area contributed by atoms with Gasteiger partial charge in [-0.2, -0.15) is 26.3 Å². The highest BCUT2D eigenvalue weighted by Gasteiger charge is 2.47. The van der Waals surface area contributed by atoms with Crippen molar-refractivity contribution in [1.29, 1.82) is 0 Å². The van der Waals surface area contributed by atoms with Crippen LogP contribution in [0.15, 0.2) is 72.8 Å². The number of hydrogen-bond acceptors (Lipinski definition) is 3. The highest BCUT2D eigenvalue weighted by atomic mass is 19.4. The Morgan fingerprint density at radius 1 is 0.905 bits per heavy atom. The lowest BCUT2D eigenvalue weighted by Crippen LogP contribution is -2.39. The summed E-state index contributed by atoms with van der Waals surface area (Å²) in [5.41, 5.74) is -0.783. The number of fused-ring (bicyclic) bond motifs is 1. The smallest absolute Gasteiger partial charge is 0.368 e. The van der Waals surface area contributed by atoms with Gasteiger partial charge in [0.05, 0.1) is 35.8 Å².